The van der Waals surface area contributed by atoms with Gasteiger partial charge in [0.1, 0.15) is 6.04 Å². The van der Waals surface area contributed by atoms with Crippen LogP contribution in [0.4, 0.5) is 5.69 Å². The Morgan fingerprint density at radius 1 is 1.12 bits per heavy atom. The predicted molar refractivity (Wildman–Crippen MR) is 106 cm³/mol. The van der Waals surface area contributed by atoms with E-state index in [1.165, 1.54) is 0 Å². The van der Waals surface area contributed by atoms with Crippen molar-refractivity contribution >= 4 is 44.8 Å². The molecule has 2 rings (SSSR count). The maximum atomic E-state index is 12.6. The summed E-state index contributed by atoms with van der Waals surface area (Å²) in [5.41, 5.74) is 1.95. The first kappa shape index (κ1) is 20.6. The quantitative estimate of drug-likeness (QED) is 0.781. The van der Waals surface area contributed by atoms with Crippen LogP contribution in [0.25, 0.3) is 0 Å². The normalized spacial score (nSPS) is 12.5. The molecule has 0 radical (unpaired) electrons. The second-order valence-electron chi connectivity index (χ2n) is 6.01. The molecule has 2 aromatic rings. The van der Waals surface area contributed by atoms with Crippen molar-refractivity contribution in [2.24, 2.45) is 0 Å². The second-order valence-corrected chi connectivity index (χ2v) is 8.74. The average molecular weight is 415 g/mol. The van der Waals surface area contributed by atoms with Crippen molar-refractivity contribution in [2.45, 2.75) is 26.4 Å². The van der Waals surface area contributed by atoms with Crippen LogP contribution in [0.2, 0.25) is 10.0 Å². The average Bonchev–Trinajstić information content (AvgIpc) is 2.56. The molecule has 0 aliphatic heterocycles. The highest BCUT2D eigenvalue weighted by molar-refractivity contribution is 7.92. The first-order valence-corrected chi connectivity index (χ1v) is 10.5. The van der Waals surface area contributed by atoms with Crippen LogP contribution in [0, 0.1) is 6.92 Å². The van der Waals surface area contributed by atoms with Crippen molar-refractivity contribution in [3.05, 3.63) is 63.6 Å². The summed E-state index contributed by atoms with van der Waals surface area (Å²) in [5, 5.41) is 3.75. The van der Waals surface area contributed by atoms with Gasteiger partial charge in [0.15, 0.2) is 0 Å². The fourth-order valence-corrected chi connectivity index (χ4v) is 4.06. The van der Waals surface area contributed by atoms with Crippen molar-refractivity contribution in [2.75, 3.05) is 10.6 Å². The van der Waals surface area contributed by atoms with Gasteiger partial charge in [-0.1, -0.05) is 41.4 Å². The molecule has 0 aliphatic rings. The van der Waals surface area contributed by atoms with Crippen molar-refractivity contribution < 1.29 is 13.2 Å². The van der Waals surface area contributed by atoms with Gasteiger partial charge in [-0.25, -0.2) is 8.42 Å². The van der Waals surface area contributed by atoms with Crippen LogP contribution < -0.4 is 9.62 Å². The number of carbonyl (C=O) groups excluding carboxylic acids is 1. The minimum atomic E-state index is -3.69. The zero-order valence-corrected chi connectivity index (χ0v) is 17.0. The summed E-state index contributed by atoms with van der Waals surface area (Å²) in [5.74, 6) is -0.412. The molecular formula is C18H20Cl2N2O3S. The lowest BCUT2D eigenvalue weighted by atomic mass is 10.1. The molecule has 0 fully saturated rings. The molecule has 5 nitrogen and oxygen atoms in total. The third kappa shape index (κ3) is 5.13. The summed E-state index contributed by atoms with van der Waals surface area (Å²) >= 11 is 11.9. The summed E-state index contributed by atoms with van der Waals surface area (Å²) in [6.45, 7) is 3.58. The third-order valence-electron chi connectivity index (χ3n) is 3.88. The highest BCUT2D eigenvalue weighted by atomic mass is 35.5. The Bertz CT molecular complexity index is 899. The fraction of sp³-hybridized carbons (Fsp3) is 0.278. The minimum absolute atomic E-state index is 0.270. The third-order valence-corrected chi connectivity index (χ3v) is 5.59. The number of hydrogen-bond acceptors (Lipinski definition) is 3. The van der Waals surface area contributed by atoms with Gasteiger partial charge >= 0.3 is 0 Å². The van der Waals surface area contributed by atoms with Gasteiger partial charge in [0.2, 0.25) is 15.9 Å². The molecular weight excluding hydrogens is 395 g/mol. The number of nitrogens with one attached hydrogen (secondary N) is 1. The maximum Gasteiger partial charge on any atom is 0.243 e. The number of carbonyl (C=O) groups is 1. The van der Waals surface area contributed by atoms with Crippen LogP contribution in [0.15, 0.2) is 42.5 Å². The van der Waals surface area contributed by atoms with E-state index < -0.39 is 22.0 Å². The first-order valence-electron chi connectivity index (χ1n) is 7.87. The molecule has 140 valence electrons. The summed E-state index contributed by atoms with van der Waals surface area (Å²) in [6, 6.07) is 11.0. The lowest BCUT2D eigenvalue weighted by Crippen LogP contribution is -2.48. The Morgan fingerprint density at radius 3 is 2.27 bits per heavy atom. The molecule has 26 heavy (non-hydrogen) atoms. The number of rotatable bonds is 6. The Hall–Kier alpha value is -1.76. The first-order chi connectivity index (χ1) is 12.1. The van der Waals surface area contributed by atoms with Crippen LogP contribution in [0.5, 0.6) is 0 Å². The summed E-state index contributed by atoms with van der Waals surface area (Å²) < 4.78 is 25.8. The van der Waals surface area contributed by atoms with Gasteiger partial charge in [-0.05, 0) is 49.2 Å². The molecule has 0 heterocycles. The van der Waals surface area contributed by atoms with E-state index in [0.29, 0.717) is 21.3 Å². The van der Waals surface area contributed by atoms with Crippen LogP contribution in [-0.4, -0.2) is 26.6 Å². The number of anilines is 1. The van der Waals surface area contributed by atoms with E-state index in [-0.39, 0.29) is 6.54 Å². The number of aryl methyl sites for hydroxylation is 1. The van der Waals surface area contributed by atoms with Crippen LogP contribution >= 0.6 is 23.2 Å². The SMILES string of the molecule is Cc1ccc(Cl)cc1N([C@@H](C)C(=O)NCc1ccc(Cl)cc1)S(C)(=O)=O. The van der Waals surface area contributed by atoms with Crippen molar-refractivity contribution in [1.29, 1.82) is 0 Å². The number of halogens is 2. The van der Waals surface area contributed by atoms with E-state index >= 15 is 0 Å². The van der Waals surface area contributed by atoms with Crippen LogP contribution in [0.3, 0.4) is 0 Å². The van der Waals surface area contributed by atoms with Crippen LogP contribution in [-0.2, 0) is 21.4 Å². The summed E-state index contributed by atoms with van der Waals surface area (Å²) in [7, 11) is -3.69. The van der Waals surface area contributed by atoms with Gasteiger partial charge in [-0.2, -0.15) is 0 Å². The Kier molecular flexibility index (Phi) is 6.55. The van der Waals surface area contributed by atoms with E-state index in [4.69, 9.17) is 23.2 Å². The lowest BCUT2D eigenvalue weighted by molar-refractivity contribution is -0.122. The topological polar surface area (TPSA) is 66.5 Å². The molecule has 2 aromatic carbocycles. The Balaban J connectivity index is 2.23. The van der Waals surface area contributed by atoms with Gasteiger partial charge in [-0.3, -0.25) is 9.10 Å². The summed E-state index contributed by atoms with van der Waals surface area (Å²) in [6.07, 6.45) is 1.07. The van der Waals surface area contributed by atoms with E-state index in [1.54, 1.807) is 56.3 Å². The number of nitrogens with zero attached hydrogens (tertiary/aromatic N) is 1. The zero-order chi connectivity index (χ0) is 19.5. The van der Waals surface area contributed by atoms with E-state index in [0.717, 1.165) is 16.1 Å². The fourth-order valence-electron chi connectivity index (χ4n) is 2.54. The minimum Gasteiger partial charge on any atom is -0.350 e. The lowest BCUT2D eigenvalue weighted by Gasteiger charge is -2.29. The molecule has 8 heteroatoms. The zero-order valence-electron chi connectivity index (χ0n) is 14.7. The smallest absolute Gasteiger partial charge is 0.243 e. The number of hydrogen-bond donors (Lipinski definition) is 1. The molecule has 0 unspecified atom stereocenters. The molecule has 1 atom stereocenters. The van der Waals surface area contributed by atoms with Crippen molar-refractivity contribution in [1.82, 2.24) is 5.32 Å². The van der Waals surface area contributed by atoms with Gasteiger partial charge in [0.25, 0.3) is 0 Å². The molecule has 0 bridgehead atoms. The molecule has 0 saturated carbocycles. The maximum absolute atomic E-state index is 12.6. The molecule has 0 aromatic heterocycles. The van der Waals surface area contributed by atoms with Crippen molar-refractivity contribution in [3.63, 3.8) is 0 Å². The molecule has 0 aliphatic carbocycles. The number of benzene rings is 2. The molecule has 1 amide bonds. The van der Waals surface area contributed by atoms with Gasteiger partial charge in [0.05, 0.1) is 11.9 Å². The monoisotopic (exact) mass is 414 g/mol. The molecule has 1 N–H and O–H groups in total. The standard InChI is InChI=1S/C18H20Cl2N2O3S/c1-12-4-7-16(20)10-17(12)22(26(3,24)25)13(2)18(23)21-11-14-5-8-15(19)9-6-14/h4-10,13H,11H2,1-3H3,(H,21,23)/t13-/m0/s1. The van der Waals surface area contributed by atoms with E-state index in [9.17, 15) is 13.2 Å². The highest BCUT2D eigenvalue weighted by Gasteiger charge is 2.30. The number of amides is 1. The van der Waals surface area contributed by atoms with E-state index in [2.05, 4.69) is 5.32 Å². The van der Waals surface area contributed by atoms with Crippen LogP contribution in [0.1, 0.15) is 18.1 Å². The Labute approximate surface area is 164 Å². The van der Waals surface area contributed by atoms with Crippen molar-refractivity contribution in [3.8, 4) is 0 Å². The Morgan fingerprint density at radius 2 is 1.69 bits per heavy atom. The predicted octanol–water partition coefficient (Wildman–Crippen LogP) is 3.77. The molecule has 0 spiro atoms. The second kappa shape index (κ2) is 8.29. The van der Waals surface area contributed by atoms with Gasteiger partial charge < -0.3 is 5.32 Å². The molecule has 0 saturated heterocycles. The van der Waals surface area contributed by atoms with Gasteiger partial charge in [0, 0.05) is 16.6 Å². The van der Waals surface area contributed by atoms with Gasteiger partial charge in [-0.15, -0.1) is 0 Å². The summed E-state index contributed by atoms with van der Waals surface area (Å²) in [4.78, 5) is 12.6. The highest BCUT2D eigenvalue weighted by Crippen LogP contribution is 2.28. The van der Waals surface area contributed by atoms with E-state index in [1.807, 2.05) is 0 Å². The largest absolute Gasteiger partial charge is 0.350 e. The number of sulfonamides is 1.